The third kappa shape index (κ3) is 4.04. The Morgan fingerprint density at radius 3 is 2.67 bits per heavy atom. The summed E-state index contributed by atoms with van der Waals surface area (Å²) in [5, 5.41) is 5.34. The highest BCUT2D eigenvalue weighted by atomic mass is 19.1. The molecule has 1 fully saturated rings. The van der Waals surface area contributed by atoms with Gasteiger partial charge in [-0.2, -0.15) is 9.66 Å². The van der Waals surface area contributed by atoms with E-state index < -0.39 is 17.2 Å². The van der Waals surface area contributed by atoms with Crippen molar-refractivity contribution in [1.29, 1.82) is 0 Å². The molecule has 30 heavy (non-hydrogen) atoms. The van der Waals surface area contributed by atoms with Crippen LogP contribution in [0.25, 0.3) is 11.0 Å². The molecule has 0 spiro atoms. The van der Waals surface area contributed by atoms with Gasteiger partial charge in [0, 0.05) is 51.0 Å². The predicted octanol–water partition coefficient (Wildman–Crippen LogP) is 2.65. The Hall–Kier alpha value is -3.27. The summed E-state index contributed by atoms with van der Waals surface area (Å²) in [6.07, 6.45) is 3.26. The monoisotopic (exact) mass is 417 g/mol. The van der Waals surface area contributed by atoms with Crippen LogP contribution in [0.3, 0.4) is 0 Å². The molecule has 3 aromatic rings. The molecule has 10 heteroatoms. The fourth-order valence-electron chi connectivity index (χ4n) is 3.27. The summed E-state index contributed by atoms with van der Waals surface area (Å²) in [7, 11) is 3.35. The molecule has 0 aliphatic carbocycles. The summed E-state index contributed by atoms with van der Waals surface area (Å²) < 4.78 is 39.3. The maximum absolute atomic E-state index is 14.0. The predicted molar refractivity (Wildman–Crippen MR) is 108 cm³/mol. The largest absolute Gasteiger partial charge is 0.448 e. The van der Waals surface area contributed by atoms with E-state index in [1.54, 1.807) is 25.3 Å². The summed E-state index contributed by atoms with van der Waals surface area (Å²) in [5.41, 5.74) is -0.159. The van der Waals surface area contributed by atoms with Gasteiger partial charge in [-0.1, -0.05) is 0 Å². The molecular weight excluding hydrogens is 396 g/mol. The number of hydrogen-bond acceptors (Lipinski definition) is 7. The lowest BCUT2D eigenvalue weighted by Gasteiger charge is -2.24. The van der Waals surface area contributed by atoms with Crippen LogP contribution in [0, 0.1) is 11.6 Å². The van der Waals surface area contributed by atoms with Gasteiger partial charge < -0.3 is 19.8 Å². The Bertz CT molecular complexity index is 1130. The van der Waals surface area contributed by atoms with Gasteiger partial charge in [-0.15, -0.1) is 0 Å². The van der Waals surface area contributed by atoms with Crippen molar-refractivity contribution in [1.82, 2.24) is 14.6 Å². The first-order valence-electron chi connectivity index (χ1n) is 9.50. The number of nitrogens with zero attached hydrogens (tertiary/aromatic N) is 4. The minimum atomic E-state index is -0.904. The van der Waals surface area contributed by atoms with Gasteiger partial charge in [-0.3, -0.25) is 4.79 Å². The zero-order chi connectivity index (χ0) is 21.3. The van der Waals surface area contributed by atoms with Crippen molar-refractivity contribution >= 4 is 17.0 Å². The van der Waals surface area contributed by atoms with E-state index in [4.69, 9.17) is 9.47 Å². The Kier molecular flexibility index (Phi) is 5.49. The van der Waals surface area contributed by atoms with E-state index in [9.17, 15) is 13.6 Å². The molecule has 1 aliphatic heterocycles. The van der Waals surface area contributed by atoms with Crippen molar-refractivity contribution in [3.63, 3.8) is 0 Å². The lowest BCUT2D eigenvalue weighted by molar-refractivity contribution is 0.0903. The first-order valence-corrected chi connectivity index (χ1v) is 9.50. The average Bonchev–Trinajstić information content (AvgIpc) is 2.71. The van der Waals surface area contributed by atoms with Crippen molar-refractivity contribution in [2.45, 2.75) is 18.9 Å². The van der Waals surface area contributed by atoms with Crippen LogP contribution in [0.1, 0.15) is 12.8 Å². The highest BCUT2D eigenvalue weighted by Gasteiger charge is 2.18. The van der Waals surface area contributed by atoms with Crippen molar-refractivity contribution in [2.75, 3.05) is 37.6 Å². The van der Waals surface area contributed by atoms with Gasteiger partial charge in [-0.05, 0) is 31.0 Å². The Balaban J connectivity index is 1.73. The van der Waals surface area contributed by atoms with E-state index in [1.807, 2.05) is 0 Å². The first-order chi connectivity index (χ1) is 14.4. The summed E-state index contributed by atoms with van der Waals surface area (Å²) in [6.45, 7) is 1.35. The van der Waals surface area contributed by atoms with Crippen LogP contribution in [-0.4, -0.2) is 48.0 Å². The van der Waals surface area contributed by atoms with Gasteiger partial charge in [0.15, 0.2) is 23.0 Å². The van der Waals surface area contributed by atoms with E-state index in [0.29, 0.717) is 36.3 Å². The Morgan fingerprint density at radius 2 is 1.97 bits per heavy atom. The Labute approximate surface area is 171 Å². The topological polar surface area (TPSA) is 81.5 Å². The number of aromatic nitrogens is 3. The molecule has 1 aliphatic rings. The zero-order valence-corrected chi connectivity index (χ0v) is 16.6. The molecule has 2 aromatic heterocycles. The smallest absolute Gasteiger partial charge is 0.313 e. The number of fused-ring (bicyclic) bond motifs is 1. The number of hydrogen-bond donors (Lipinski definition) is 1. The third-order valence-corrected chi connectivity index (χ3v) is 4.75. The zero-order valence-electron chi connectivity index (χ0n) is 16.6. The third-order valence-electron chi connectivity index (χ3n) is 4.75. The quantitative estimate of drug-likeness (QED) is 0.684. The molecule has 0 atom stereocenters. The van der Waals surface area contributed by atoms with Crippen LogP contribution >= 0.6 is 0 Å². The molecule has 0 amide bonds. The molecular formula is C20H21F2N5O3. The summed E-state index contributed by atoms with van der Waals surface area (Å²) in [5.74, 6) is -1.62. The molecule has 158 valence electrons. The number of rotatable bonds is 5. The minimum Gasteiger partial charge on any atom is -0.448 e. The molecule has 0 unspecified atom stereocenters. The lowest BCUT2D eigenvalue weighted by atomic mass is 10.1. The fourth-order valence-corrected chi connectivity index (χ4v) is 3.27. The second-order valence-corrected chi connectivity index (χ2v) is 7.15. The number of halogens is 2. The molecule has 0 bridgehead atoms. The summed E-state index contributed by atoms with van der Waals surface area (Å²) in [4.78, 5) is 21.9. The highest BCUT2D eigenvalue weighted by molar-refractivity contribution is 5.77. The van der Waals surface area contributed by atoms with Crippen LogP contribution in [0.4, 0.5) is 14.7 Å². The molecule has 4 rings (SSSR count). The van der Waals surface area contributed by atoms with Crippen molar-refractivity contribution in [3.05, 3.63) is 52.5 Å². The fraction of sp³-hybridized carbons (Fsp3) is 0.350. The first kappa shape index (κ1) is 20.0. The van der Waals surface area contributed by atoms with Crippen LogP contribution in [-0.2, 0) is 4.74 Å². The highest BCUT2D eigenvalue weighted by Crippen LogP contribution is 2.25. The number of pyridine rings is 1. The number of anilines is 1. The summed E-state index contributed by atoms with van der Waals surface area (Å²) in [6, 6.07) is 4.52. The molecule has 1 N–H and O–H groups in total. The molecule has 1 aromatic carbocycles. The Morgan fingerprint density at radius 1 is 1.20 bits per heavy atom. The molecule has 3 heterocycles. The molecule has 8 nitrogen and oxygen atoms in total. The second kappa shape index (κ2) is 8.23. The van der Waals surface area contributed by atoms with E-state index >= 15 is 0 Å². The molecule has 0 saturated carbocycles. The van der Waals surface area contributed by atoms with Gasteiger partial charge >= 0.3 is 5.56 Å². The van der Waals surface area contributed by atoms with Gasteiger partial charge in [0.25, 0.3) is 0 Å². The number of ether oxygens (including phenoxy) is 2. The van der Waals surface area contributed by atoms with E-state index in [1.165, 1.54) is 10.7 Å². The number of benzene rings is 1. The molecule has 1 saturated heterocycles. The van der Waals surface area contributed by atoms with E-state index in [0.717, 1.165) is 25.0 Å². The van der Waals surface area contributed by atoms with Crippen molar-refractivity contribution < 1.29 is 18.3 Å². The van der Waals surface area contributed by atoms with Crippen LogP contribution in [0.2, 0.25) is 0 Å². The maximum Gasteiger partial charge on any atom is 0.313 e. The standard InChI is InChI=1S/C20H21F2N5O3/c1-26(2)27-18-12(11-23-20(25-18)24-14-5-7-29-8-6-14)9-17(19(27)28)30-16-4-3-13(21)10-15(16)22/h3-4,9-11,14H,5-8H2,1-2H3,(H,23,24,25). The SMILES string of the molecule is CN(C)n1c(=O)c(Oc2ccc(F)cc2F)cc2cnc(NC3CCOCC3)nc21. The average molecular weight is 417 g/mol. The van der Waals surface area contributed by atoms with Crippen LogP contribution < -0.4 is 20.6 Å². The van der Waals surface area contributed by atoms with Gasteiger partial charge in [-0.25, -0.2) is 13.8 Å². The minimum absolute atomic E-state index is 0.129. The number of nitrogens with one attached hydrogen (secondary N) is 1. The van der Waals surface area contributed by atoms with Crippen molar-refractivity contribution in [3.8, 4) is 11.5 Å². The normalized spacial score (nSPS) is 14.7. The maximum atomic E-state index is 14.0. The van der Waals surface area contributed by atoms with Crippen molar-refractivity contribution in [2.24, 2.45) is 0 Å². The van der Waals surface area contributed by atoms with E-state index in [-0.39, 0.29) is 17.5 Å². The van der Waals surface area contributed by atoms with Crippen LogP contribution in [0.5, 0.6) is 11.5 Å². The van der Waals surface area contributed by atoms with Gasteiger partial charge in [0.05, 0.1) is 0 Å². The van der Waals surface area contributed by atoms with Crippen LogP contribution in [0.15, 0.2) is 35.3 Å². The lowest BCUT2D eigenvalue weighted by Crippen LogP contribution is -2.37. The van der Waals surface area contributed by atoms with Gasteiger partial charge in [0.2, 0.25) is 5.95 Å². The summed E-state index contributed by atoms with van der Waals surface area (Å²) >= 11 is 0. The molecule has 0 radical (unpaired) electrons. The van der Waals surface area contributed by atoms with E-state index in [2.05, 4.69) is 15.3 Å². The second-order valence-electron chi connectivity index (χ2n) is 7.15. The van der Waals surface area contributed by atoms with Gasteiger partial charge in [0.1, 0.15) is 5.82 Å².